The number of rotatable bonds is 2. The van der Waals surface area contributed by atoms with E-state index in [-0.39, 0.29) is 0 Å². The summed E-state index contributed by atoms with van der Waals surface area (Å²) >= 11 is 1.79. The first-order valence-corrected chi connectivity index (χ1v) is 6.96. The fraction of sp³-hybridized carbons (Fsp3) is 0.357. The van der Waals surface area contributed by atoms with E-state index in [2.05, 4.69) is 40.1 Å². The molecule has 1 saturated heterocycles. The minimum Gasteiger partial charge on any atom is -0.370 e. The number of aromatic nitrogens is 1. The molecule has 1 aliphatic heterocycles. The molecule has 0 bridgehead atoms. The summed E-state index contributed by atoms with van der Waals surface area (Å²) in [7, 11) is 0. The van der Waals surface area contributed by atoms with Crippen LogP contribution in [0.3, 0.4) is 0 Å². The van der Waals surface area contributed by atoms with Crippen LogP contribution in [0.25, 0.3) is 10.2 Å². The topological polar surface area (TPSA) is 16.1 Å². The summed E-state index contributed by atoms with van der Waals surface area (Å²) in [5.74, 6) is 0.701. The molecule has 1 fully saturated rings. The van der Waals surface area contributed by atoms with Gasteiger partial charge in [0.2, 0.25) is 0 Å². The summed E-state index contributed by atoms with van der Waals surface area (Å²) in [6, 6.07) is 4.24. The lowest BCUT2D eigenvalue weighted by molar-refractivity contribution is 0.480. The van der Waals surface area contributed by atoms with E-state index in [1.54, 1.807) is 11.3 Å². The predicted octanol–water partition coefficient (Wildman–Crippen LogP) is 3.70. The van der Waals surface area contributed by atoms with Crippen LogP contribution in [0.15, 0.2) is 36.4 Å². The number of pyridine rings is 1. The van der Waals surface area contributed by atoms with Crippen molar-refractivity contribution in [3.8, 4) is 0 Å². The van der Waals surface area contributed by atoms with Crippen molar-refractivity contribution in [1.29, 1.82) is 0 Å². The molecule has 3 heteroatoms. The van der Waals surface area contributed by atoms with Gasteiger partial charge < -0.3 is 4.90 Å². The Morgan fingerprint density at radius 3 is 2.94 bits per heavy atom. The maximum absolute atomic E-state index is 4.40. The molecule has 0 spiro atoms. The predicted molar refractivity (Wildman–Crippen MR) is 74.8 cm³/mol. The second-order valence-corrected chi connectivity index (χ2v) is 5.44. The average Bonchev–Trinajstić information content (AvgIpc) is 2.87. The van der Waals surface area contributed by atoms with Crippen LogP contribution in [-0.2, 0) is 0 Å². The molecule has 88 valence electrons. The minimum absolute atomic E-state index is 0.701. The van der Waals surface area contributed by atoms with E-state index in [0.717, 1.165) is 18.6 Å². The summed E-state index contributed by atoms with van der Waals surface area (Å²) in [4.78, 5) is 6.88. The molecule has 0 aromatic carbocycles. The quantitative estimate of drug-likeness (QED) is 0.749. The zero-order valence-corrected chi connectivity index (χ0v) is 10.6. The second kappa shape index (κ2) is 4.49. The first-order valence-electron chi connectivity index (χ1n) is 6.08. The zero-order valence-electron chi connectivity index (χ0n) is 9.80. The second-order valence-electron chi connectivity index (χ2n) is 4.53. The molecule has 2 aromatic rings. The summed E-state index contributed by atoms with van der Waals surface area (Å²) in [6.07, 6.45) is 6.46. The standard InChI is InChI=1S/C14H16N2S/c1-2-11-4-8-16(9-5-11)13-3-7-15-12-6-10-17-14(12)13/h2-3,6-7,10-11H,1,4-5,8-9H2. The molecular formula is C14H16N2S. The lowest BCUT2D eigenvalue weighted by atomic mass is 9.97. The van der Waals surface area contributed by atoms with Gasteiger partial charge in [-0.05, 0) is 36.3 Å². The number of piperidine rings is 1. The van der Waals surface area contributed by atoms with Crippen LogP contribution >= 0.6 is 11.3 Å². The lowest BCUT2D eigenvalue weighted by Crippen LogP contribution is -2.33. The number of anilines is 1. The van der Waals surface area contributed by atoms with E-state index in [4.69, 9.17) is 0 Å². The van der Waals surface area contributed by atoms with Crippen LogP contribution in [-0.4, -0.2) is 18.1 Å². The Balaban J connectivity index is 1.89. The van der Waals surface area contributed by atoms with Crippen molar-refractivity contribution in [3.05, 3.63) is 36.4 Å². The molecular weight excluding hydrogens is 228 g/mol. The van der Waals surface area contributed by atoms with Gasteiger partial charge in [-0.3, -0.25) is 4.98 Å². The van der Waals surface area contributed by atoms with Gasteiger partial charge in [-0.25, -0.2) is 0 Å². The van der Waals surface area contributed by atoms with Crippen LogP contribution in [0.1, 0.15) is 12.8 Å². The molecule has 2 aromatic heterocycles. The average molecular weight is 244 g/mol. The largest absolute Gasteiger partial charge is 0.370 e. The lowest BCUT2D eigenvalue weighted by Gasteiger charge is -2.32. The van der Waals surface area contributed by atoms with Crippen LogP contribution in [0.5, 0.6) is 0 Å². The molecule has 0 radical (unpaired) electrons. The first-order chi connectivity index (χ1) is 8.38. The van der Waals surface area contributed by atoms with Gasteiger partial charge >= 0.3 is 0 Å². The van der Waals surface area contributed by atoms with Crippen molar-refractivity contribution in [1.82, 2.24) is 4.98 Å². The Hall–Kier alpha value is -1.35. The monoisotopic (exact) mass is 244 g/mol. The maximum atomic E-state index is 4.40. The van der Waals surface area contributed by atoms with E-state index >= 15 is 0 Å². The van der Waals surface area contributed by atoms with Crippen molar-refractivity contribution in [2.24, 2.45) is 5.92 Å². The van der Waals surface area contributed by atoms with Gasteiger partial charge in [0, 0.05) is 19.3 Å². The minimum atomic E-state index is 0.701. The molecule has 1 aliphatic rings. The highest BCUT2D eigenvalue weighted by Crippen LogP contribution is 2.32. The molecule has 2 nitrogen and oxygen atoms in total. The SMILES string of the molecule is C=CC1CCN(c2ccnc3ccsc23)CC1. The van der Waals surface area contributed by atoms with E-state index in [1.165, 1.54) is 23.2 Å². The number of hydrogen-bond acceptors (Lipinski definition) is 3. The molecule has 0 amide bonds. The van der Waals surface area contributed by atoms with Crippen LogP contribution in [0.4, 0.5) is 5.69 Å². The summed E-state index contributed by atoms with van der Waals surface area (Å²) < 4.78 is 1.32. The highest BCUT2D eigenvalue weighted by Gasteiger charge is 2.18. The van der Waals surface area contributed by atoms with E-state index in [9.17, 15) is 0 Å². The van der Waals surface area contributed by atoms with Crippen molar-refractivity contribution < 1.29 is 0 Å². The van der Waals surface area contributed by atoms with Gasteiger partial charge in [-0.2, -0.15) is 0 Å². The number of nitrogens with zero attached hydrogens (tertiary/aromatic N) is 2. The van der Waals surface area contributed by atoms with Gasteiger partial charge in [-0.15, -0.1) is 17.9 Å². The number of hydrogen-bond donors (Lipinski definition) is 0. The van der Waals surface area contributed by atoms with Crippen molar-refractivity contribution in [2.45, 2.75) is 12.8 Å². The number of allylic oxidation sites excluding steroid dienone is 1. The molecule has 3 rings (SSSR count). The van der Waals surface area contributed by atoms with Gasteiger partial charge in [0.1, 0.15) is 0 Å². The molecule has 0 N–H and O–H groups in total. The Kier molecular flexibility index (Phi) is 2.85. The smallest absolute Gasteiger partial charge is 0.0830 e. The molecule has 0 atom stereocenters. The van der Waals surface area contributed by atoms with Gasteiger partial charge in [0.25, 0.3) is 0 Å². The number of fused-ring (bicyclic) bond motifs is 1. The van der Waals surface area contributed by atoms with Crippen molar-refractivity contribution in [3.63, 3.8) is 0 Å². The fourth-order valence-electron chi connectivity index (χ4n) is 2.48. The van der Waals surface area contributed by atoms with Crippen LogP contribution < -0.4 is 4.90 Å². The third kappa shape index (κ3) is 1.95. The highest BCUT2D eigenvalue weighted by molar-refractivity contribution is 7.17. The summed E-state index contributed by atoms with van der Waals surface area (Å²) in [5.41, 5.74) is 2.48. The molecule has 0 aliphatic carbocycles. The molecule has 3 heterocycles. The van der Waals surface area contributed by atoms with Crippen molar-refractivity contribution >= 4 is 27.2 Å². The van der Waals surface area contributed by atoms with Gasteiger partial charge in [0.05, 0.1) is 15.9 Å². The zero-order chi connectivity index (χ0) is 11.7. The molecule has 0 saturated carbocycles. The first kappa shape index (κ1) is 10.8. The van der Waals surface area contributed by atoms with E-state index < -0.39 is 0 Å². The van der Waals surface area contributed by atoms with Gasteiger partial charge in [0.15, 0.2) is 0 Å². The van der Waals surface area contributed by atoms with E-state index in [1.807, 2.05) is 6.20 Å². The van der Waals surface area contributed by atoms with Crippen LogP contribution in [0, 0.1) is 5.92 Å². The Labute approximate surface area is 106 Å². The Morgan fingerprint density at radius 1 is 1.35 bits per heavy atom. The van der Waals surface area contributed by atoms with Crippen LogP contribution in [0.2, 0.25) is 0 Å². The van der Waals surface area contributed by atoms with Gasteiger partial charge in [-0.1, -0.05) is 6.08 Å². The van der Waals surface area contributed by atoms with E-state index in [0.29, 0.717) is 5.92 Å². The third-order valence-corrected chi connectivity index (χ3v) is 4.46. The number of thiophene rings is 1. The molecule has 17 heavy (non-hydrogen) atoms. The highest BCUT2D eigenvalue weighted by atomic mass is 32.1. The summed E-state index contributed by atoms with van der Waals surface area (Å²) in [6.45, 7) is 6.16. The Morgan fingerprint density at radius 2 is 2.18 bits per heavy atom. The van der Waals surface area contributed by atoms with Crippen molar-refractivity contribution in [2.75, 3.05) is 18.0 Å². The molecule has 0 unspecified atom stereocenters. The normalized spacial score (nSPS) is 17.5. The summed E-state index contributed by atoms with van der Waals surface area (Å²) in [5, 5.41) is 2.12. The third-order valence-electron chi connectivity index (χ3n) is 3.54. The fourth-order valence-corrected chi connectivity index (χ4v) is 3.38. The maximum Gasteiger partial charge on any atom is 0.0830 e. The Bertz CT molecular complexity index is 524.